The van der Waals surface area contributed by atoms with Crippen LogP contribution in [-0.4, -0.2) is 19.5 Å². The van der Waals surface area contributed by atoms with E-state index in [1.54, 1.807) is 42.5 Å². The molecule has 6 heteroatoms. The Kier molecular flexibility index (Phi) is 5.61. The van der Waals surface area contributed by atoms with E-state index in [1.165, 1.54) is 12.1 Å². The van der Waals surface area contributed by atoms with E-state index in [1.807, 2.05) is 24.3 Å². The topological polar surface area (TPSA) is 83.5 Å². The Bertz CT molecular complexity index is 1340. The average Bonchev–Trinajstić information content (AvgIpc) is 2.78. The number of hydrogen-bond acceptors (Lipinski definition) is 3. The van der Waals surface area contributed by atoms with Crippen LogP contribution in [0.25, 0.3) is 6.08 Å². The summed E-state index contributed by atoms with van der Waals surface area (Å²) >= 11 is 0. The Balaban J connectivity index is 1.60. The standard InChI is InChI=1S/C25H19NO4S/c27-25(28)21-13-10-18(11-14-21)9-12-20-6-3-4-8-24(20)26-31(29,30)23-16-15-19-5-1-2-7-22(19)17-23/h1-8,10-11,13-14,17,26H,15-16H2,(H,27,28). The fraction of sp³-hybridized carbons (Fsp3) is 0.0800. The van der Waals surface area contributed by atoms with Crippen molar-refractivity contribution in [2.24, 2.45) is 0 Å². The summed E-state index contributed by atoms with van der Waals surface area (Å²) in [5.41, 5.74) is 3.81. The predicted molar refractivity (Wildman–Crippen MR) is 121 cm³/mol. The molecule has 154 valence electrons. The molecule has 0 unspecified atom stereocenters. The molecule has 0 spiro atoms. The molecule has 4 rings (SSSR count). The van der Waals surface area contributed by atoms with Gasteiger partial charge in [0.05, 0.1) is 16.2 Å². The Hall–Kier alpha value is -3.82. The van der Waals surface area contributed by atoms with Gasteiger partial charge in [0.25, 0.3) is 10.0 Å². The fourth-order valence-electron chi connectivity index (χ4n) is 3.35. The second-order valence-electron chi connectivity index (χ2n) is 7.09. The van der Waals surface area contributed by atoms with Gasteiger partial charge in [-0.25, -0.2) is 13.2 Å². The van der Waals surface area contributed by atoms with E-state index in [2.05, 4.69) is 16.6 Å². The summed E-state index contributed by atoms with van der Waals surface area (Å²) in [5.74, 6) is 4.93. The number of aryl methyl sites for hydroxylation is 1. The average molecular weight is 429 g/mol. The largest absolute Gasteiger partial charge is 0.478 e. The van der Waals surface area contributed by atoms with E-state index in [9.17, 15) is 13.2 Å². The lowest BCUT2D eigenvalue weighted by Crippen LogP contribution is -2.18. The quantitative estimate of drug-likeness (QED) is 0.598. The molecule has 3 aromatic rings. The van der Waals surface area contributed by atoms with Crippen LogP contribution in [0.4, 0.5) is 5.69 Å². The van der Waals surface area contributed by atoms with Gasteiger partial charge in [0, 0.05) is 11.1 Å². The third kappa shape index (κ3) is 4.68. The molecule has 31 heavy (non-hydrogen) atoms. The number of carbonyl (C=O) groups is 1. The number of carboxylic acids is 1. The van der Waals surface area contributed by atoms with Gasteiger partial charge in [-0.1, -0.05) is 48.2 Å². The highest BCUT2D eigenvalue weighted by Crippen LogP contribution is 2.28. The third-order valence-corrected chi connectivity index (χ3v) is 6.50. The molecule has 0 radical (unpaired) electrons. The SMILES string of the molecule is O=C(O)c1ccc(C#Cc2ccccc2NS(=O)(=O)C2=Cc3ccccc3CC2)cc1. The van der Waals surface area contributed by atoms with Gasteiger partial charge in [0.15, 0.2) is 0 Å². The lowest BCUT2D eigenvalue weighted by molar-refractivity contribution is 0.0697. The Morgan fingerprint density at radius 3 is 2.35 bits per heavy atom. The summed E-state index contributed by atoms with van der Waals surface area (Å²) < 4.78 is 28.7. The molecule has 0 saturated carbocycles. The van der Waals surface area contributed by atoms with Crippen LogP contribution in [0.1, 0.15) is 39.0 Å². The molecule has 5 nitrogen and oxygen atoms in total. The molecule has 0 aliphatic heterocycles. The molecule has 0 heterocycles. The molecule has 1 aliphatic carbocycles. The summed E-state index contributed by atoms with van der Waals surface area (Å²) in [6, 6.07) is 20.9. The smallest absolute Gasteiger partial charge is 0.335 e. The summed E-state index contributed by atoms with van der Waals surface area (Å²) in [4.78, 5) is 11.3. The highest BCUT2D eigenvalue weighted by atomic mass is 32.2. The Labute approximate surface area is 181 Å². The van der Waals surface area contributed by atoms with E-state index < -0.39 is 16.0 Å². The van der Waals surface area contributed by atoms with E-state index in [0.29, 0.717) is 34.6 Å². The van der Waals surface area contributed by atoms with Crippen LogP contribution in [0.15, 0.2) is 77.7 Å². The normalized spacial score (nSPS) is 12.7. The molecule has 1 aliphatic rings. The number of hydrogen-bond donors (Lipinski definition) is 2. The van der Waals surface area contributed by atoms with Crippen LogP contribution in [0, 0.1) is 11.8 Å². The maximum Gasteiger partial charge on any atom is 0.335 e. The minimum absolute atomic E-state index is 0.182. The lowest BCUT2D eigenvalue weighted by Gasteiger charge is -2.18. The van der Waals surface area contributed by atoms with E-state index in [0.717, 1.165) is 11.1 Å². The van der Waals surface area contributed by atoms with Crippen molar-refractivity contribution in [1.29, 1.82) is 0 Å². The summed E-state index contributed by atoms with van der Waals surface area (Å²) in [6.45, 7) is 0. The first kappa shape index (κ1) is 20.5. The second kappa shape index (κ2) is 8.50. The molecule has 0 fully saturated rings. The minimum Gasteiger partial charge on any atom is -0.478 e. The molecule has 3 aromatic carbocycles. The zero-order valence-electron chi connectivity index (χ0n) is 16.5. The first-order chi connectivity index (χ1) is 14.9. The van der Waals surface area contributed by atoms with Crippen LogP contribution >= 0.6 is 0 Å². The maximum absolute atomic E-state index is 13.0. The molecule has 0 aromatic heterocycles. The minimum atomic E-state index is -3.72. The number of allylic oxidation sites excluding steroid dienone is 1. The van der Waals surface area contributed by atoms with Crippen LogP contribution in [0.5, 0.6) is 0 Å². The number of fused-ring (bicyclic) bond motifs is 1. The highest BCUT2D eigenvalue weighted by Gasteiger charge is 2.22. The Morgan fingerprint density at radius 1 is 0.871 bits per heavy atom. The fourth-order valence-corrected chi connectivity index (χ4v) is 4.60. The molecule has 0 amide bonds. The van der Waals surface area contributed by atoms with Crippen LogP contribution < -0.4 is 4.72 Å². The van der Waals surface area contributed by atoms with Gasteiger partial charge in [-0.05, 0) is 66.4 Å². The number of nitrogens with one attached hydrogen (secondary N) is 1. The van der Waals surface area contributed by atoms with Crippen LogP contribution in [-0.2, 0) is 16.4 Å². The first-order valence-corrected chi connectivity index (χ1v) is 11.2. The number of sulfonamides is 1. The van der Waals surface area contributed by atoms with Crippen molar-refractivity contribution >= 4 is 27.8 Å². The molecule has 0 bridgehead atoms. The molecule has 0 saturated heterocycles. The first-order valence-electron chi connectivity index (χ1n) is 9.68. The highest BCUT2D eigenvalue weighted by molar-refractivity contribution is 7.96. The van der Waals surface area contributed by atoms with E-state index in [4.69, 9.17) is 5.11 Å². The summed E-state index contributed by atoms with van der Waals surface area (Å²) in [7, 11) is -3.72. The van der Waals surface area contributed by atoms with Gasteiger partial charge in [-0.15, -0.1) is 0 Å². The number of benzene rings is 3. The molecular formula is C25H19NO4S. The molecule has 2 N–H and O–H groups in total. The zero-order valence-corrected chi connectivity index (χ0v) is 17.3. The monoisotopic (exact) mass is 429 g/mol. The summed E-state index contributed by atoms with van der Waals surface area (Å²) in [5, 5.41) is 8.98. The van der Waals surface area contributed by atoms with Crippen LogP contribution in [0.2, 0.25) is 0 Å². The van der Waals surface area contributed by atoms with E-state index >= 15 is 0 Å². The maximum atomic E-state index is 13.0. The van der Waals surface area contributed by atoms with Crippen molar-refractivity contribution in [3.63, 3.8) is 0 Å². The van der Waals surface area contributed by atoms with Gasteiger partial charge in [0.1, 0.15) is 0 Å². The molecule has 0 atom stereocenters. The number of aromatic carboxylic acids is 1. The van der Waals surface area contributed by atoms with E-state index in [-0.39, 0.29) is 5.56 Å². The van der Waals surface area contributed by atoms with Gasteiger partial charge < -0.3 is 5.11 Å². The molecular weight excluding hydrogens is 410 g/mol. The van der Waals surface area contributed by atoms with Crippen molar-refractivity contribution in [2.45, 2.75) is 12.8 Å². The number of rotatable bonds is 4. The lowest BCUT2D eigenvalue weighted by atomic mass is 9.98. The van der Waals surface area contributed by atoms with Crippen molar-refractivity contribution in [1.82, 2.24) is 0 Å². The second-order valence-corrected chi connectivity index (χ2v) is 8.83. The van der Waals surface area contributed by atoms with Gasteiger partial charge in [-0.2, -0.15) is 0 Å². The van der Waals surface area contributed by atoms with Gasteiger partial charge in [-0.3, -0.25) is 4.72 Å². The number of carboxylic acid groups (broad SMARTS) is 1. The van der Waals surface area contributed by atoms with Gasteiger partial charge in [0.2, 0.25) is 0 Å². The van der Waals surface area contributed by atoms with Crippen molar-refractivity contribution in [3.05, 3.63) is 106 Å². The number of anilines is 1. The van der Waals surface area contributed by atoms with Crippen molar-refractivity contribution < 1.29 is 18.3 Å². The summed E-state index contributed by atoms with van der Waals surface area (Å²) in [6.07, 6.45) is 2.84. The predicted octanol–water partition coefficient (Wildman–Crippen LogP) is 4.51. The Morgan fingerprint density at radius 2 is 1.58 bits per heavy atom. The van der Waals surface area contributed by atoms with Crippen molar-refractivity contribution in [3.8, 4) is 11.8 Å². The van der Waals surface area contributed by atoms with Gasteiger partial charge >= 0.3 is 5.97 Å². The zero-order chi connectivity index (χ0) is 21.8. The third-order valence-electron chi connectivity index (χ3n) is 5.00. The van der Waals surface area contributed by atoms with Crippen LogP contribution in [0.3, 0.4) is 0 Å². The van der Waals surface area contributed by atoms with Crippen molar-refractivity contribution in [2.75, 3.05) is 4.72 Å². The number of para-hydroxylation sites is 1.